The summed E-state index contributed by atoms with van der Waals surface area (Å²) in [4.78, 5) is 15.3. The van der Waals surface area contributed by atoms with Gasteiger partial charge in [0.05, 0.1) is 20.8 Å². The lowest BCUT2D eigenvalue weighted by molar-refractivity contribution is -0.130. The third kappa shape index (κ3) is 3.70. The second kappa shape index (κ2) is 8.32. The standard InChI is InChI=1S/C24H22ClN3O3/c1-30-20-11-5-17(6-12-20)24(18-7-13-21(31-2)14-8-18)22(29)28(23(26)27-24)15-16-3-9-19(25)10-4-16/h3-14H,15H2,1-2H3,(H2,26,27). The molecule has 1 amide bonds. The highest BCUT2D eigenvalue weighted by Crippen LogP contribution is 2.38. The van der Waals surface area contributed by atoms with Crippen LogP contribution in [0.25, 0.3) is 0 Å². The number of methoxy groups -OCH3 is 2. The maximum absolute atomic E-state index is 13.9. The number of hydrogen-bond acceptors (Lipinski definition) is 4. The van der Waals surface area contributed by atoms with Gasteiger partial charge in [-0.1, -0.05) is 48.0 Å². The Kier molecular flexibility index (Phi) is 5.57. The normalized spacial score (nSPS) is 15.0. The van der Waals surface area contributed by atoms with Crippen LogP contribution in [0.3, 0.4) is 0 Å². The van der Waals surface area contributed by atoms with Crippen molar-refractivity contribution in [1.82, 2.24) is 10.2 Å². The summed E-state index contributed by atoms with van der Waals surface area (Å²) in [5.41, 5.74) is 1.07. The van der Waals surface area contributed by atoms with Crippen molar-refractivity contribution in [2.45, 2.75) is 12.1 Å². The van der Waals surface area contributed by atoms with Crippen molar-refractivity contribution in [3.8, 4) is 11.5 Å². The van der Waals surface area contributed by atoms with Gasteiger partial charge in [-0.15, -0.1) is 0 Å². The summed E-state index contributed by atoms with van der Waals surface area (Å²) in [5, 5.41) is 12.3. The third-order valence-corrected chi connectivity index (χ3v) is 5.69. The van der Waals surface area contributed by atoms with Gasteiger partial charge < -0.3 is 14.8 Å². The maximum atomic E-state index is 13.9. The molecular formula is C24H22ClN3O3. The number of hydrogen-bond donors (Lipinski definition) is 2. The molecule has 1 aliphatic heterocycles. The highest BCUT2D eigenvalue weighted by molar-refractivity contribution is 6.30. The minimum atomic E-state index is -1.23. The third-order valence-electron chi connectivity index (χ3n) is 5.44. The highest BCUT2D eigenvalue weighted by atomic mass is 35.5. The van der Waals surface area contributed by atoms with Crippen molar-refractivity contribution in [2.75, 3.05) is 14.2 Å². The van der Waals surface area contributed by atoms with Crippen molar-refractivity contribution in [3.63, 3.8) is 0 Å². The Morgan fingerprint density at radius 3 is 1.81 bits per heavy atom. The molecule has 0 radical (unpaired) electrons. The number of amides is 1. The van der Waals surface area contributed by atoms with Gasteiger partial charge in [0.25, 0.3) is 5.91 Å². The molecule has 0 spiro atoms. The Morgan fingerprint density at radius 2 is 1.35 bits per heavy atom. The molecule has 0 aromatic heterocycles. The van der Waals surface area contributed by atoms with Crippen LogP contribution >= 0.6 is 11.6 Å². The van der Waals surface area contributed by atoms with E-state index in [9.17, 15) is 4.79 Å². The van der Waals surface area contributed by atoms with Crippen LogP contribution in [-0.4, -0.2) is 31.0 Å². The minimum Gasteiger partial charge on any atom is -0.497 e. The fraction of sp³-hybridized carbons (Fsp3) is 0.167. The zero-order valence-electron chi connectivity index (χ0n) is 17.2. The van der Waals surface area contributed by atoms with Crippen LogP contribution in [-0.2, 0) is 16.9 Å². The Labute approximate surface area is 185 Å². The number of rotatable bonds is 6. The Bertz CT molecular complexity index is 1050. The summed E-state index contributed by atoms with van der Waals surface area (Å²) in [5.74, 6) is 1.17. The van der Waals surface area contributed by atoms with Crippen LogP contribution in [0.2, 0.25) is 5.02 Å². The molecule has 1 heterocycles. The number of halogens is 1. The minimum absolute atomic E-state index is 0.0339. The molecule has 0 bridgehead atoms. The summed E-state index contributed by atoms with van der Waals surface area (Å²) in [6.45, 7) is 0.260. The molecule has 0 unspecified atom stereocenters. The molecule has 0 saturated carbocycles. The van der Waals surface area contributed by atoms with E-state index in [1.165, 1.54) is 4.90 Å². The van der Waals surface area contributed by atoms with E-state index in [0.717, 1.165) is 5.56 Å². The number of nitrogens with one attached hydrogen (secondary N) is 2. The van der Waals surface area contributed by atoms with Crippen molar-refractivity contribution < 1.29 is 14.3 Å². The second-order valence-electron chi connectivity index (χ2n) is 7.20. The number of carbonyl (C=O) groups excluding carboxylic acids is 1. The van der Waals surface area contributed by atoms with Gasteiger partial charge in [0.2, 0.25) is 0 Å². The maximum Gasteiger partial charge on any atom is 0.264 e. The highest BCUT2D eigenvalue weighted by Gasteiger charge is 2.52. The Hall–Kier alpha value is -3.51. The SMILES string of the molecule is COc1ccc(C2(c3ccc(OC)cc3)NC(=N)N(Cc3ccc(Cl)cc3)C2=O)cc1. The van der Waals surface area contributed by atoms with Crippen LogP contribution in [0.15, 0.2) is 72.8 Å². The lowest BCUT2D eigenvalue weighted by Crippen LogP contribution is -2.45. The largest absolute Gasteiger partial charge is 0.497 e. The number of ether oxygens (including phenoxy) is 2. The molecule has 0 atom stereocenters. The van der Waals surface area contributed by atoms with E-state index in [2.05, 4.69) is 5.32 Å². The zero-order chi connectivity index (χ0) is 22.0. The average molecular weight is 436 g/mol. The summed E-state index contributed by atoms with van der Waals surface area (Å²) in [6.07, 6.45) is 0. The Morgan fingerprint density at radius 1 is 0.871 bits per heavy atom. The smallest absolute Gasteiger partial charge is 0.264 e. The quantitative estimate of drug-likeness (QED) is 0.609. The first-order chi connectivity index (χ1) is 15.0. The fourth-order valence-corrected chi connectivity index (χ4v) is 3.89. The monoisotopic (exact) mass is 435 g/mol. The molecule has 4 rings (SSSR count). The van der Waals surface area contributed by atoms with Gasteiger partial charge in [-0.25, -0.2) is 0 Å². The molecule has 1 aliphatic rings. The predicted octanol–water partition coefficient (Wildman–Crippen LogP) is 4.17. The first-order valence-corrected chi connectivity index (χ1v) is 10.1. The van der Waals surface area contributed by atoms with E-state index in [4.69, 9.17) is 26.5 Å². The van der Waals surface area contributed by atoms with Gasteiger partial charge in [0, 0.05) is 5.02 Å². The molecule has 3 aromatic rings. The molecule has 3 aromatic carbocycles. The van der Waals surface area contributed by atoms with Crippen LogP contribution < -0.4 is 14.8 Å². The summed E-state index contributed by atoms with van der Waals surface area (Å²) >= 11 is 5.98. The van der Waals surface area contributed by atoms with Crippen LogP contribution in [0.4, 0.5) is 0 Å². The van der Waals surface area contributed by atoms with Crippen LogP contribution in [0.1, 0.15) is 16.7 Å². The second-order valence-corrected chi connectivity index (χ2v) is 7.63. The van der Waals surface area contributed by atoms with E-state index >= 15 is 0 Å². The molecule has 31 heavy (non-hydrogen) atoms. The van der Waals surface area contributed by atoms with E-state index in [0.29, 0.717) is 27.6 Å². The lowest BCUT2D eigenvalue weighted by atomic mass is 9.82. The molecule has 1 saturated heterocycles. The van der Waals surface area contributed by atoms with Gasteiger partial charge in [-0.05, 0) is 53.1 Å². The van der Waals surface area contributed by atoms with Gasteiger partial charge in [0.15, 0.2) is 11.5 Å². The zero-order valence-corrected chi connectivity index (χ0v) is 17.9. The number of guanidine groups is 1. The predicted molar refractivity (Wildman–Crippen MR) is 120 cm³/mol. The first-order valence-electron chi connectivity index (χ1n) is 9.70. The van der Waals surface area contributed by atoms with Crippen molar-refractivity contribution >= 4 is 23.5 Å². The van der Waals surface area contributed by atoms with E-state index in [-0.39, 0.29) is 18.4 Å². The van der Waals surface area contributed by atoms with Gasteiger partial charge in [-0.2, -0.15) is 0 Å². The molecule has 0 aliphatic carbocycles. The summed E-state index contributed by atoms with van der Waals surface area (Å²) in [7, 11) is 3.19. The van der Waals surface area contributed by atoms with Crippen LogP contribution in [0, 0.1) is 5.41 Å². The van der Waals surface area contributed by atoms with Crippen molar-refractivity contribution in [2.24, 2.45) is 0 Å². The van der Waals surface area contributed by atoms with E-state index in [1.54, 1.807) is 50.6 Å². The molecule has 1 fully saturated rings. The summed E-state index contributed by atoms with van der Waals surface area (Å²) in [6, 6.07) is 21.8. The first kappa shape index (κ1) is 20.8. The molecule has 2 N–H and O–H groups in total. The molecule has 158 valence electrons. The molecule has 6 nitrogen and oxygen atoms in total. The number of nitrogens with zero attached hydrogens (tertiary/aromatic N) is 1. The molecular weight excluding hydrogens is 414 g/mol. The van der Waals surface area contributed by atoms with Gasteiger partial charge >= 0.3 is 0 Å². The Balaban J connectivity index is 1.78. The fourth-order valence-electron chi connectivity index (χ4n) is 3.77. The number of carbonyl (C=O) groups is 1. The van der Waals surface area contributed by atoms with Crippen LogP contribution in [0.5, 0.6) is 11.5 Å². The topological polar surface area (TPSA) is 74.7 Å². The summed E-state index contributed by atoms with van der Waals surface area (Å²) < 4.78 is 10.5. The van der Waals surface area contributed by atoms with Crippen molar-refractivity contribution in [3.05, 3.63) is 94.5 Å². The van der Waals surface area contributed by atoms with E-state index in [1.807, 2.05) is 36.4 Å². The van der Waals surface area contributed by atoms with Crippen molar-refractivity contribution in [1.29, 1.82) is 5.41 Å². The number of benzene rings is 3. The van der Waals surface area contributed by atoms with Gasteiger partial charge in [-0.3, -0.25) is 15.1 Å². The molecule has 7 heteroatoms. The average Bonchev–Trinajstić information content (AvgIpc) is 3.06. The van der Waals surface area contributed by atoms with E-state index < -0.39 is 5.54 Å². The van der Waals surface area contributed by atoms with Gasteiger partial charge in [0.1, 0.15) is 11.5 Å². The lowest BCUT2D eigenvalue weighted by Gasteiger charge is -2.28.